The zero-order chi connectivity index (χ0) is 17.3. The number of aromatic nitrogens is 2. The van der Waals surface area contributed by atoms with Crippen molar-refractivity contribution < 1.29 is 15.0 Å². The molecular weight excluding hydrogens is 308 g/mol. The second-order valence-corrected chi connectivity index (χ2v) is 5.51. The molecule has 2 heterocycles. The van der Waals surface area contributed by atoms with Gasteiger partial charge in [-0.2, -0.15) is 0 Å². The van der Waals surface area contributed by atoms with Gasteiger partial charge in [-0.15, -0.1) is 10.2 Å². The third-order valence-electron chi connectivity index (χ3n) is 3.74. The van der Waals surface area contributed by atoms with Gasteiger partial charge in [0.15, 0.2) is 17.2 Å². The van der Waals surface area contributed by atoms with Crippen molar-refractivity contribution >= 4 is 23.1 Å². The van der Waals surface area contributed by atoms with Crippen molar-refractivity contribution in [2.24, 2.45) is 10.2 Å². The summed E-state index contributed by atoms with van der Waals surface area (Å²) in [6.07, 6.45) is 1.35. The van der Waals surface area contributed by atoms with Crippen LogP contribution in [0.2, 0.25) is 0 Å². The maximum atomic E-state index is 11.1. The van der Waals surface area contributed by atoms with E-state index in [9.17, 15) is 9.90 Å². The lowest BCUT2D eigenvalue weighted by atomic mass is 10.1. The fourth-order valence-electron chi connectivity index (χ4n) is 2.35. The fourth-order valence-corrected chi connectivity index (χ4v) is 2.35. The Kier molecular flexibility index (Phi) is 3.99. The molecule has 2 aromatic heterocycles. The molecule has 7 nitrogen and oxygen atoms in total. The van der Waals surface area contributed by atoms with Gasteiger partial charge < -0.3 is 10.2 Å². The number of hydrogen-bond donors (Lipinski definition) is 2. The molecule has 2 N–H and O–H groups in total. The molecular formula is C17H16N4O3. The van der Waals surface area contributed by atoms with E-state index in [1.807, 2.05) is 32.0 Å². The minimum Gasteiger partial charge on any atom is -0.504 e. The van der Waals surface area contributed by atoms with Gasteiger partial charge in [0.25, 0.3) is 0 Å². The lowest BCUT2D eigenvalue weighted by Gasteiger charge is -2.01. The van der Waals surface area contributed by atoms with E-state index in [0.29, 0.717) is 11.5 Å². The van der Waals surface area contributed by atoms with E-state index in [2.05, 4.69) is 15.2 Å². The summed E-state index contributed by atoms with van der Waals surface area (Å²) in [5, 5.41) is 27.3. The van der Waals surface area contributed by atoms with Crippen molar-refractivity contribution in [1.29, 1.82) is 0 Å². The van der Waals surface area contributed by atoms with Crippen molar-refractivity contribution in [1.82, 2.24) is 9.38 Å². The topological polar surface area (TPSA) is 99.5 Å². The Bertz CT molecular complexity index is 960. The minimum atomic E-state index is -1.03. The van der Waals surface area contributed by atoms with E-state index in [-0.39, 0.29) is 23.5 Å². The quantitative estimate of drug-likeness (QED) is 0.715. The highest BCUT2D eigenvalue weighted by Crippen LogP contribution is 2.28. The van der Waals surface area contributed by atoms with Gasteiger partial charge in [-0.3, -0.25) is 9.20 Å². The molecule has 3 rings (SSSR count). The predicted octanol–water partition coefficient (Wildman–Crippen LogP) is 3.70. The first kappa shape index (κ1) is 15.7. The molecule has 0 saturated heterocycles. The van der Waals surface area contributed by atoms with Crippen molar-refractivity contribution in [2.45, 2.75) is 20.3 Å². The molecule has 0 atom stereocenters. The number of nitrogens with zero attached hydrogens (tertiary/aromatic N) is 4. The molecule has 0 fully saturated rings. The van der Waals surface area contributed by atoms with Gasteiger partial charge in [-0.05, 0) is 49.2 Å². The van der Waals surface area contributed by atoms with Crippen molar-refractivity contribution in [3.63, 3.8) is 0 Å². The van der Waals surface area contributed by atoms with Gasteiger partial charge in [0.2, 0.25) is 0 Å². The molecule has 122 valence electrons. The van der Waals surface area contributed by atoms with Crippen LogP contribution in [0.5, 0.6) is 5.75 Å². The molecule has 0 bridgehead atoms. The molecule has 7 heteroatoms. The Hall–Kier alpha value is -3.22. The molecule has 0 amide bonds. The maximum Gasteiger partial charge on any atom is 0.309 e. The van der Waals surface area contributed by atoms with E-state index < -0.39 is 5.97 Å². The molecule has 0 aliphatic heterocycles. The van der Waals surface area contributed by atoms with Gasteiger partial charge in [0.1, 0.15) is 0 Å². The van der Waals surface area contributed by atoms with Crippen LogP contribution >= 0.6 is 0 Å². The Morgan fingerprint density at radius 2 is 2.00 bits per heavy atom. The average molecular weight is 324 g/mol. The number of aryl methyl sites for hydroxylation is 2. The molecule has 0 aliphatic carbocycles. The number of carbonyl (C=O) groups is 1. The monoisotopic (exact) mass is 324 g/mol. The standard InChI is InChI=1S/C17H16N4O3/c1-10-5-6-12(8-11(10)2)19-20-16-13(9-15(23)24)18-17-14(22)4-3-7-21(16)17/h3-8,22H,9H2,1-2H3,(H,23,24). The lowest BCUT2D eigenvalue weighted by molar-refractivity contribution is -0.136. The van der Waals surface area contributed by atoms with E-state index in [1.54, 1.807) is 12.3 Å². The smallest absolute Gasteiger partial charge is 0.309 e. The first-order valence-electron chi connectivity index (χ1n) is 7.35. The summed E-state index contributed by atoms with van der Waals surface area (Å²) in [4.78, 5) is 15.2. The summed E-state index contributed by atoms with van der Waals surface area (Å²) >= 11 is 0. The minimum absolute atomic E-state index is 0.0447. The summed E-state index contributed by atoms with van der Waals surface area (Å²) in [7, 11) is 0. The van der Waals surface area contributed by atoms with Gasteiger partial charge >= 0.3 is 5.97 Å². The van der Waals surface area contributed by atoms with Crippen LogP contribution in [0, 0.1) is 13.8 Å². The summed E-state index contributed by atoms with van der Waals surface area (Å²) in [6, 6.07) is 8.79. The molecule has 24 heavy (non-hydrogen) atoms. The Labute approximate surface area is 137 Å². The zero-order valence-electron chi connectivity index (χ0n) is 13.3. The number of benzene rings is 1. The number of fused-ring (bicyclic) bond motifs is 1. The third kappa shape index (κ3) is 2.96. The summed E-state index contributed by atoms with van der Waals surface area (Å²) in [5.41, 5.74) is 3.40. The van der Waals surface area contributed by atoms with Crippen LogP contribution in [0.15, 0.2) is 46.8 Å². The summed E-state index contributed by atoms with van der Waals surface area (Å²) < 4.78 is 1.53. The van der Waals surface area contributed by atoms with Crippen LogP contribution in [0.1, 0.15) is 16.8 Å². The summed E-state index contributed by atoms with van der Waals surface area (Å²) in [5.74, 6) is -0.779. The zero-order valence-corrected chi connectivity index (χ0v) is 13.3. The Morgan fingerprint density at radius 3 is 2.71 bits per heavy atom. The number of aliphatic carboxylic acids is 1. The van der Waals surface area contributed by atoms with Crippen molar-refractivity contribution in [3.05, 3.63) is 53.3 Å². The number of carboxylic acid groups (broad SMARTS) is 1. The second-order valence-electron chi connectivity index (χ2n) is 5.51. The number of aromatic hydroxyl groups is 1. The normalized spacial score (nSPS) is 11.4. The number of imidazole rings is 1. The Balaban J connectivity index is 2.09. The first-order valence-corrected chi connectivity index (χ1v) is 7.35. The van der Waals surface area contributed by atoms with Crippen LogP contribution in [0.3, 0.4) is 0 Å². The van der Waals surface area contributed by atoms with Gasteiger partial charge in [0, 0.05) is 6.20 Å². The van der Waals surface area contributed by atoms with Crippen LogP contribution < -0.4 is 0 Å². The van der Waals surface area contributed by atoms with Gasteiger partial charge in [-0.1, -0.05) is 6.07 Å². The second kappa shape index (κ2) is 6.11. The highest BCUT2D eigenvalue weighted by atomic mass is 16.4. The fraction of sp³-hybridized carbons (Fsp3) is 0.176. The number of carboxylic acids is 1. The van der Waals surface area contributed by atoms with Crippen molar-refractivity contribution in [2.75, 3.05) is 0 Å². The van der Waals surface area contributed by atoms with Gasteiger partial charge in [0.05, 0.1) is 17.8 Å². The predicted molar refractivity (Wildman–Crippen MR) is 88.3 cm³/mol. The van der Waals surface area contributed by atoms with Crippen molar-refractivity contribution in [3.8, 4) is 5.75 Å². The molecule has 3 aromatic rings. The highest BCUT2D eigenvalue weighted by molar-refractivity contribution is 5.73. The number of rotatable bonds is 4. The molecule has 0 spiro atoms. The van der Waals surface area contributed by atoms with E-state index in [1.165, 1.54) is 10.5 Å². The Morgan fingerprint density at radius 1 is 1.21 bits per heavy atom. The number of pyridine rings is 1. The molecule has 0 unspecified atom stereocenters. The van der Waals surface area contributed by atoms with E-state index in [4.69, 9.17) is 5.11 Å². The lowest BCUT2D eigenvalue weighted by Crippen LogP contribution is -2.00. The van der Waals surface area contributed by atoms with Crippen LogP contribution in [-0.4, -0.2) is 25.6 Å². The number of hydrogen-bond acceptors (Lipinski definition) is 5. The van der Waals surface area contributed by atoms with E-state index in [0.717, 1.165) is 11.1 Å². The maximum absolute atomic E-state index is 11.1. The number of azo groups is 1. The average Bonchev–Trinajstić information content (AvgIpc) is 2.87. The highest BCUT2D eigenvalue weighted by Gasteiger charge is 2.16. The SMILES string of the molecule is Cc1ccc(N=Nc2c(CC(=O)O)nc3c(O)cccn23)cc1C. The van der Waals surface area contributed by atoms with Crippen LogP contribution in [0.4, 0.5) is 11.5 Å². The van der Waals surface area contributed by atoms with Crippen LogP contribution in [0.25, 0.3) is 5.65 Å². The molecule has 0 saturated carbocycles. The van der Waals surface area contributed by atoms with Gasteiger partial charge in [-0.25, -0.2) is 4.98 Å². The molecule has 0 radical (unpaired) electrons. The molecule has 1 aromatic carbocycles. The van der Waals surface area contributed by atoms with E-state index >= 15 is 0 Å². The largest absolute Gasteiger partial charge is 0.504 e. The summed E-state index contributed by atoms with van der Waals surface area (Å²) in [6.45, 7) is 3.99. The van der Waals surface area contributed by atoms with Crippen LogP contribution in [-0.2, 0) is 11.2 Å². The first-order chi connectivity index (χ1) is 11.5. The molecule has 0 aliphatic rings. The third-order valence-corrected chi connectivity index (χ3v) is 3.74.